The molecule has 0 spiro atoms. The third-order valence-corrected chi connectivity index (χ3v) is 4.89. The molecule has 2 saturated carbocycles. The topological polar surface area (TPSA) is 37.3 Å². The fraction of sp³-hybridized carbons (Fsp3) is 0.588. The van der Waals surface area contributed by atoms with Crippen molar-refractivity contribution in [1.29, 1.82) is 0 Å². The van der Waals surface area contributed by atoms with Gasteiger partial charge in [0.15, 0.2) is 0 Å². The van der Waals surface area contributed by atoms with Crippen molar-refractivity contribution in [2.24, 2.45) is 5.92 Å². The molecule has 0 amide bonds. The zero-order valence-electron chi connectivity index (χ0n) is 11.4. The Kier molecular flexibility index (Phi) is 3.34. The average molecular weight is 258 g/mol. The van der Waals surface area contributed by atoms with Crippen LogP contribution in [0.1, 0.15) is 56.1 Å². The molecule has 0 unspecified atom stereocenters. The van der Waals surface area contributed by atoms with Crippen LogP contribution in [0.15, 0.2) is 24.3 Å². The Hall–Kier alpha value is -1.31. The van der Waals surface area contributed by atoms with Crippen molar-refractivity contribution in [3.8, 4) is 0 Å². The Morgan fingerprint density at radius 3 is 2.58 bits per heavy atom. The largest absolute Gasteiger partial charge is 0.481 e. The minimum Gasteiger partial charge on any atom is -0.481 e. The lowest BCUT2D eigenvalue weighted by atomic mass is 9.84. The molecule has 1 N–H and O–H groups in total. The second-order valence-corrected chi connectivity index (χ2v) is 6.30. The minimum absolute atomic E-state index is 0.553. The third-order valence-electron chi connectivity index (χ3n) is 4.89. The van der Waals surface area contributed by atoms with E-state index < -0.39 is 11.4 Å². The Bertz CT molecular complexity index is 468. The summed E-state index contributed by atoms with van der Waals surface area (Å²) in [6.07, 6.45) is 9.53. The van der Waals surface area contributed by atoms with Gasteiger partial charge in [-0.2, -0.15) is 0 Å². The van der Waals surface area contributed by atoms with Gasteiger partial charge in [-0.15, -0.1) is 0 Å². The number of carbonyl (C=O) groups is 1. The molecule has 0 aromatic heterocycles. The molecular formula is C17H22O2. The van der Waals surface area contributed by atoms with E-state index in [1.807, 2.05) is 12.1 Å². The zero-order valence-corrected chi connectivity index (χ0v) is 11.4. The number of aliphatic carboxylic acids is 1. The maximum atomic E-state index is 11.4. The van der Waals surface area contributed by atoms with Gasteiger partial charge in [-0.05, 0) is 36.3 Å². The summed E-state index contributed by atoms with van der Waals surface area (Å²) in [5, 5.41) is 9.37. The van der Waals surface area contributed by atoms with Crippen molar-refractivity contribution in [3.05, 3.63) is 35.4 Å². The van der Waals surface area contributed by atoms with E-state index in [2.05, 4.69) is 12.1 Å². The van der Waals surface area contributed by atoms with Crippen LogP contribution >= 0.6 is 0 Å². The highest BCUT2D eigenvalue weighted by Gasteiger charge is 2.51. The molecule has 19 heavy (non-hydrogen) atoms. The number of hydrogen-bond donors (Lipinski definition) is 1. The van der Waals surface area contributed by atoms with Crippen LogP contribution < -0.4 is 0 Å². The van der Waals surface area contributed by atoms with E-state index in [9.17, 15) is 9.90 Å². The van der Waals surface area contributed by atoms with Gasteiger partial charge < -0.3 is 5.11 Å². The zero-order chi connectivity index (χ0) is 13.3. The van der Waals surface area contributed by atoms with Crippen LogP contribution in [0.3, 0.4) is 0 Å². The lowest BCUT2D eigenvalue weighted by Crippen LogP contribution is -2.19. The molecule has 0 heterocycles. The first-order chi connectivity index (χ1) is 9.21. The summed E-state index contributed by atoms with van der Waals surface area (Å²) in [7, 11) is 0. The molecule has 2 fully saturated rings. The number of carboxylic acid groups (broad SMARTS) is 1. The van der Waals surface area contributed by atoms with Gasteiger partial charge in [0, 0.05) is 0 Å². The van der Waals surface area contributed by atoms with Gasteiger partial charge in [-0.3, -0.25) is 4.79 Å². The van der Waals surface area contributed by atoms with E-state index in [1.165, 1.54) is 37.7 Å². The summed E-state index contributed by atoms with van der Waals surface area (Å²) in [5.41, 5.74) is 1.80. The summed E-state index contributed by atoms with van der Waals surface area (Å²) < 4.78 is 0. The van der Waals surface area contributed by atoms with E-state index in [0.29, 0.717) is 0 Å². The monoisotopic (exact) mass is 258 g/mol. The van der Waals surface area contributed by atoms with Crippen molar-refractivity contribution < 1.29 is 9.90 Å². The Balaban J connectivity index is 1.75. The molecule has 2 aliphatic carbocycles. The molecule has 3 rings (SSSR count). The Morgan fingerprint density at radius 2 is 1.95 bits per heavy atom. The average Bonchev–Trinajstić information content (AvgIpc) is 3.22. The summed E-state index contributed by atoms with van der Waals surface area (Å²) in [4.78, 5) is 11.4. The summed E-state index contributed by atoms with van der Waals surface area (Å²) >= 11 is 0. The SMILES string of the molecule is O=C(O)C1(c2cccc(CC3CCCCC3)c2)CC1. The number of rotatable bonds is 4. The quantitative estimate of drug-likeness (QED) is 0.888. The standard InChI is InChI=1S/C17H22O2/c18-16(19)17(9-10-17)15-8-4-7-14(12-15)11-13-5-2-1-3-6-13/h4,7-8,12-13H,1-3,5-6,9-11H2,(H,18,19). The summed E-state index contributed by atoms with van der Waals surface area (Å²) in [5.74, 6) is 0.159. The van der Waals surface area contributed by atoms with Gasteiger partial charge in [-0.25, -0.2) is 0 Å². The molecule has 0 saturated heterocycles. The normalized spacial score (nSPS) is 22.1. The first-order valence-corrected chi connectivity index (χ1v) is 7.53. The molecule has 0 radical (unpaired) electrons. The van der Waals surface area contributed by atoms with Crippen LogP contribution in [-0.4, -0.2) is 11.1 Å². The second-order valence-electron chi connectivity index (χ2n) is 6.30. The third kappa shape index (κ3) is 2.54. The van der Waals surface area contributed by atoms with Gasteiger partial charge in [0.25, 0.3) is 0 Å². The van der Waals surface area contributed by atoms with Crippen molar-refractivity contribution >= 4 is 5.97 Å². The van der Waals surface area contributed by atoms with Crippen LogP contribution in [0.5, 0.6) is 0 Å². The molecule has 0 atom stereocenters. The van der Waals surface area contributed by atoms with Gasteiger partial charge in [0.1, 0.15) is 0 Å². The van der Waals surface area contributed by atoms with E-state index in [0.717, 1.165) is 30.7 Å². The van der Waals surface area contributed by atoms with Crippen molar-refractivity contribution in [2.75, 3.05) is 0 Å². The first kappa shape index (κ1) is 12.7. The highest BCUT2D eigenvalue weighted by atomic mass is 16.4. The van der Waals surface area contributed by atoms with Crippen LogP contribution in [0.4, 0.5) is 0 Å². The molecule has 2 nitrogen and oxygen atoms in total. The minimum atomic E-state index is -0.651. The predicted molar refractivity (Wildman–Crippen MR) is 75.3 cm³/mol. The second kappa shape index (κ2) is 4.99. The van der Waals surface area contributed by atoms with Crippen molar-refractivity contribution in [3.63, 3.8) is 0 Å². The fourth-order valence-electron chi connectivity index (χ4n) is 3.47. The molecule has 0 bridgehead atoms. The molecule has 2 heteroatoms. The Labute approximate surface area is 114 Å². The van der Waals surface area contributed by atoms with Crippen LogP contribution in [-0.2, 0) is 16.6 Å². The lowest BCUT2D eigenvalue weighted by molar-refractivity contribution is -0.140. The Morgan fingerprint density at radius 1 is 1.21 bits per heavy atom. The van der Waals surface area contributed by atoms with Crippen molar-refractivity contribution in [1.82, 2.24) is 0 Å². The van der Waals surface area contributed by atoms with Gasteiger partial charge in [-0.1, -0.05) is 56.4 Å². The molecule has 102 valence electrons. The molecule has 2 aliphatic rings. The van der Waals surface area contributed by atoms with E-state index in [4.69, 9.17) is 0 Å². The fourth-order valence-corrected chi connectivity index (χ4v) is 3.47. The smallest absolute Gasteiger partial charge is 0.314 e. The van der Waals surface area contributed by atoms with Gasteiger partial charge >= 0.3 is 5.97 Å². The maximum absolute atomic E-state index is 11.4. The van der Waals surface area contributed by atoms with Crippen LogP contribution in [0, 0.1) is 5.92 Å². The van der Waals surface area contributed by atoms with E-state index in [1.54, 1.807) is 0 Å². The van der Waals surface area contributed by atoms with Crippen LogP contribution in [0.2, 0.25) is 0 Å². The molecular weight excluding hydrogens is 236 g/mol. The van der Waals surface area contributed by atoms with Gasteiger partial charge in [0.2, 0.25) is 0 Å². The molecule has 1 aromatic rings. The van der Waals surface area contributed by atoms with Crippen LogP contribution in [0.25, 0.3) is 0 Å². The highest BCUT2D eigenvalue weighted by Crippen LogP contribution is 2.48. The summed E-state index contributed by atoms with van der Waals surface area (Å²) in [6, 6.07) is 8.34. The first-order valence-electron chi connectivity index (χ1n) is 7.53. The van der Waals surface area contributed by atoms with Crippen molar-refractivity contribution in [2.45, 2.75) is 56.8 Å². The van der Waals surface area contributed by atoms with E-state index in [-0.39, 0.29) is 0 Å². The number of benzene rings is 1. The molecule has 0 aliphatic heterocycles. The lowest BCUT2D eigenvalue weighted by Gasteiger charge is -2.22. The predicted octanol–water partition coefficient (Wildman–Crippen LogP) is 3.93. The maximum Gasteiger partial charge on any atom is 0.314 e. The summed E-state index contributed by atoms with van der Waals surface area (Å²) in [6.45, 7) is 0. The molecule has 1 aromatic carbocycles. The van der Waals surface area contributed by atoms with Gasteiger partial charge in [0.05, 0.1) is 5.41 Å². The number of hydrogen-bond acceptors (Lipinski definition) is 1. The number of carboxylic acids is 1. The highest BCUT2D eigenvalue weighted by molar-refractivity contribution is 5.84. The van der Waals surface area contributed by atoms with E-state index >= 15 is 0 Å².